The number of carbonyl (C=O) groups is 1. The Hall–Kier alpha value is -2.89. The average Bonchev–Trinajstić information content (AvgIpc) is 2.74. The first-order valence-corrected chi connectivity index (χ1v) is 11.3. The van der Waals surface area contributed by atoms with Gasteiger partial charge in [-0.2, -0.15) is 0 Å². The van der Waals surface area contributed by atoms with Gasteiger partial charge < -0.3 is 0 Å². The van der Waals surface area contributed by atoms with Crippen molar-refractivity contribution in [2.75, 3.05) is 0 Å². The summed E-state index contributed by atoms with van der Waals surface area (Å²) >= 11 is 5.92. The topological polar surface area (TPSA) is 54.5 Å². The molecule has 0 aromatic heterocycles. The van der Waals surface area contributed by atoms with E-state index < -0.39 is 27.9 Å². The van der Waals surface area contributed by atoms with Crippen LogP contribution in [0.2, 0.25) is 5.02 Å². The first-order chi connectivity index (χ1) is 14.4. The zero-order chi connectivity index (χ0) is 21.3. The molecule has 3 aromatic carbocycles. The molecule has 0 aliphatic carbocycles. The van der Waals surface area contributed by atoms with Crippen molar-refractivity contribution in [2.45, 2.75) is 17.9 Å². The molecule has 2 atom stereocenters. The number of nitrogens with zero attached hydrogens (tertiary/aromatic N) is 1. The van der Waals surface area contributed by atoms with Crippen LogP contribution < -0.4 is 0 Å². The fraction of sp³-hybridized carbons (Fsp3) is 0.125. The molecule has 30 heavy (non-hydrogen) atoms. The van der Waals surface area contributed by atoms with E-state index in [0.29, 0.717) is 5.02 Å². The van der Waals surface area contributed by atoms with Crippen LogP contribution in [0.1, 0.15) is 22.7 Å². The van der Waals surface area contributed by atoms with Gasteiger partial charge in [-0.15, -0.1) is 0 Å². The van der Waals surface area contributed by atoms with Crippen LogP contribution in [-0.2, 0) is 14.8 Å². The Balaban J connectivity index is 1.70. The highest BCUT2D eigenvalue weighted by atomic mass is 35.5. The molecule has 1 saturated heterocycles. The van der Waals surface area contributed by atoms with Gasteiger partial charge in [0.1, 0.15) is 0 Å². The molecule has 6 heteroatoms. The highest BCUT2D eigenvalue weighted by molar-refractivity contribution is 7.89. The van der Waals surface area contributed by atoms with Crippen LogP contribution in [0.4, 0.5) is 0 Å². The van der Waals surface area contributed by atoms with Crippen molar-refractivity contribution in [1.29, 1.82) is 0 Å². The van der Waals surface area contributed by atoms with Crippen LogP contribution in [0.3, 0.4) is 0 Å². The molecular formula is C24H20ClNO3S. The number of amides is 1. The van der Waals surface area contributed by atoms with Gasteiger partial charge in [-0.1, -0.05) is 83.9 Å². The largest absolute Gasteiger partial charge is 0.273 e. The predicted molar refractivity (Wildman–Crippen MR) is 118 cm³/mol. The molecule has 152 valence electrons. The number of halogens is 1. The molecule has 0 N–H and O–H groups in total. The van der Waals surface area contributed by atoms with Crippen molar-refractivity contribution in [3.63, 3.8) is 0 Å². The van der Waals surface area contributed by atoms with Gasteiger partial charge in [-0.05, 0) is 42.3 Å². The predicted octanol–water partition coefficient (Wildman–Crippen LogP) is 5.25. The van der Waals surface area contributed by atoms with Crippen LogP contribution >= 0.6 is 11.6 Å². The minimum absolute atomic E-state index is 0.113. The number of carbonyl (C=O) groups excluding carboxylic acids is 1. The lowest BCUT2D eigenvalue weighted by Crippen LogP contribution is -2.56. The Morgan fingerprint density at radius 1 is 0.900 bits per heavy atom. The second-order valence-electron chi connectivity index (χ2n) is 7.24. The minimum atomic E-state index is -3.95. The lowest BCUT2D eigenvalue weighted by Gasteiger charge is -2.45. The van der Waals surface area contributed by atoms with Crippen molar-refractivity contribution in [3.05, 3.63) is 107 Å². The van der Waals surface area contributed by atoms with Gasteiger partial charge in [0, 0.05) is 5.02 Å². The average molecular weight is 438 g/mol. The molecule has 1 fully saturated rings. The van der Waals surface area contributed by atoms with E-state index in [0.717, 1.165) is 21.0 Å². The van der Waals surface area contributed by atoms with Crippen LogP contribution in [0, 0.1) is 12.8 Å². The third kappa shape index (κ3) is 3.78. The smallest absolute Gasteiger partial charge is 0.267 e. The van der Waals surface area contributed by atoms with E-state index in [-0.39, 0.29) is 4.90 Å². The number of hydrogen-bond donors (Lipinski definition) is 0. The van der Waals surface area contributed by atoms with Crippen molar-refractivity contribution in [1.82, 2.24) is 4.31 Å². The molecule has 3 aromatic rings. The molecule has 1 amide bonds. The van der Waals surface area contributed by atoms with Gasteiger partial charge in [0.15, 0.2) is 0 Å². The summed E-state index contributed by atoms with van der Waals surface area (Å²) in [4.78, 5) is 13.1. The number of aryl methyl sites for hydroxylation is 1. The Kier molecular flexibility index (Phi) is 5.50. The first-order valence-electron chi connectivity index (χ1n) is 9.51. The normalized spacial score (nSPS) is 19.1. The maximum atomic E-state index is 13.2. The highest BCUT2D eigenvalue weighted by Gasteiger charge is 2.53. The van der Waals surface area contributed by atoms with Crippen LogP contribution in [-0.4, -0.2) is 18.6 Å². The SMILES string of the molecule is Cc1ccc(S(=O)(=O)N2C(=O)[C@H](/C=C\c3ccc(Cl)cc3)[C@H]2c2ccccc2)cc1. The van der Waals surface area contributed by atoms with Gasteiger partial charge in [-0.3, -0.25) is 4.79 Å². The number of rotatable bonds is 5. The lowest BCUT2D eigenvalue weighted by molar-refractivity contribution is -0.143. The van der Waals surface area contributed by atoms with E-state index in [1.54, 1.807) is 30.3 Å². The lowest BCUT2D eigenvalue weighted by atomic mass is 9.84. The summed E-state index contributed by atoms with van der Waals surface area (Å²) in [6.07, 6.45) is 3.59. The molecule has 0 saturated carbocycles. The molecule has 1 aliphatic heterocycles. The van der Waals surface area contributed by atoms with Crippen LogP contribution in [0.5, 0.6) is 0 Å². The van der Waals surface area contributed by atoms with Crippen LogP contribution in [0.25, 0.3) is 6.08 Å². The second-order valence-corrected chi connectivity index (χ2v) is 9.50. The molecule has 4 nitrogen and oxygen atoms in total. The zero-order valence-corrected chi connectivity index (χ0v) is 17.8. The highest BCUT2D eigenvalue weighted by Crippen LogP contribution is 2.44. The van der Waals surface area contributed by atoms with Crippen molar-refractivity contribution < 1.29 is 13.2 Å². The summed E-state index contributed by atoms with van der Waals surface area (Å²) in [6, 6.07) is 22.4. The quantitative estimate of drug-likeness (QED) is 0.512. The molecule has 1 aliphatic rings. The maximum absolute atomic E-state index is 13.2. The van der Waals surface area contributed by atoms with E-state index in [4.69, 9.17) is 11.6 Å². The van der Waals surface area contributed by atoms with E-state index in [9.17, 15) is 13.2 Å². The maximum Gasteiger partial charge on any atom is 0.267 e. The molecule has 0 bridgehead atoms. The van der Waals surface area contributed by atoms with E-state index >= 15 is 0 Å². The van der Waals surface area contributed by atoms with Crippen molar-refractivity contribution >= 4 is 33.6 Å². The summed E-state index contributed by atoms with van der Waals surface area (Å²) in [5.74, 6) is -1.00. The molecule has 0 spiro atoms. The Labute approximate surface area is 181 Å². The number of hydrogen-bond acceptors (Lipinski definition) is 3. The van der Waals surface area contributed by atoms with E-state index in [1.165, 1.54) is 12.1 Å². The van der Waals surface area contributed by atoms with Crippen molar-refractivity contribution in [2.24, 2.45) is 5.92 Å². The Morgan fingerprint density at radius 3 is 2.17 bits per heavy atom. The molecule has 4 rings (SSSR count). The molecule has 0 radical (unpaired) electrons. The Bertz CT molecular complexity index is 1190. The zero-order valence-electron chi connectivity index (χ0n) is 16.3. The summed E-state index contributed by atoms with van der Waals surface area (Å²) in [5, 5.41) is 0.629. The monoisotopic (exact) mass is 437 g/mol. The minimum Gasteiger partial charge on any atom is -0.273 e. The fourth-order valence-electron chi connectivity index (χ4n) is 3.54. The number of β-lactam (4-membered cyclic amide) rings is 1. The number of sulfonamides is 1. The number of benzene rings is 3. The Morgan fingerprint density at radius 2 is 1.53 bits per heavy atom. The van der Waals surface area contributed by atoms with Gasteiger partial charge in [0.25, 0.3) is 10.0 Å². The van der Waals surface area contributed by atoms with Crippen LogP contribution in [0.15, 0.2) is 89.8 Å². The molecule has 0 unspecified atom stereocenters. The van der Waals surface area contributed by atoms with Gasteiger partial charge in [-0.25, -0.2) is 12.7 Å². The summed E-state index contributed by atoms with van der Waals surface area (Å²) in [6.45, 7) is 1.88. The standard InChI is InChI=1S/C24H20ClNO3S/c1-17-7-14-21(15-8-17)30(28,29)26-23(19-5-3-2-4-6-19)22(24(26)27)16-11-18-9-12-20(25)13-10-18/h2-16,22-23H,1H3/b16-11-/t22-,23-/m1/s1. The van der Waals surface area contributed by atoms with Gasteiger partial charge in [0.2, 0.25) is 5.91 Å². The van der Waals surface area contributed by atoms with E-state index in [1.807, 2.05) is 55.5 Å². The van der Waals surface area contributed by atoms with Gasteiger partial charge >= 0.3 is 0 Å². The van der Waals surface area contributed by atoms with Crippen molar-refractivity contribution in [3.8, 4) is 0 Å². The fourth-order valence-corrected chi connectivity index (χ4v) is 5.29. The third-order valence-corrected chi connectivity index (χ3v) is 7.22. The summed E-state index contributed by atoms with van der Waals surface area (Å²) < 4.78 is 27.5. The summed E-state index contributed by atoms with van der Waals surface area (Å²) in [7, 11) is -3.95. The third-order valence-electron chi connectivity index (χ3n) is 5.18. The molecular weight excluding hydrogens is 418 g/mol. The van der Waals surface area contributed by atoms with E-state index in [2.05, 4.69) is 0 Å². The van der Waals surface area contributed by atoms with Gasteiger partial charge in [0.05, 0.1) is 16.9 Å². The second kappa shape index (κ2) is 8.09. The molecule has 1 heterocycles. The summed E-state index contributed by atoms with van der Waals surface area (Å²) in [5.41, 5.74) is 2.62. The first kappa shape index (κ1) is 20.4.